The van der Waals surface area contributed by atoms with E-state index in [1.165, 1.54) is 35.2 Å². The second-order valence-electron chi connectivity index (χ2n) is 7.65. The Kier molecular flexibility index (Phi) is 4.80. The normalized spacial score (nSPS) is 19.8. The Morgan fingerprint density at radius 2 is 1.85 bits per heavy atom. The van der Waals surface area contributed by atoms with Gasteiger partial charge in [-0.15, -0.1) is 11.3 Å². The molecule has 26 heavy (non-hydrogen) atoms. The molecule has 2 atom stereocenters. The number of thiazole rings is 1. The zero-order chi connectivity index (χ0) is 18.3. The zero-order valence-electron chi connectivity index (χ0n) is 16.1. The summed E-state index contributed by atoms with van der Waals surface area (Å²) >= 11 is 1.78. The average Bonchev–Trinajstić information content (AvgIpc) is 2.99. The zero-order valence-corrected chi connectivity index (χ0v) is 16.9. The summed E-state index contributed by atoms with van der Waals surface area (Å²) in [7, 11) is 0. The lowest BCUT2D eigenvalue weighted by Gasteiger charge is -2.37. The molecule has 1 aliphatic heterocycles. The van der Waals surface area contributed by atoms with E-state index < -0.39 is 0 Å². The largest absolute Gasteiger partial charge is 0.296 e. The number of nitrogens with zero attached hydrogens (tertiary/aromatic N) is 3. The van der Waals surface area contributed by atoms with Gasteiger partial charge in [0.25, 0.3) is 0 Å². The lowest BCUT2D eigenvalue weighted by atomic mass is 9.89. The molecular formula is C22H27N3S. The van der Waals surface area contributed by atoms with Crippen LogP contribution in [0.4, 0.5) is 0 Å². The first-order valence-electron chi connectivity index (χ1n) is 9.56. The summed E-state index contributed by atoms with van der Waals surface area (Å²) in [6.45, 7) is 10.9. The van der Waals surface area contributed by atoms with Crippen molar-refractivity contribution in [3.8, 4) is 0 Å². The number of rotatable bonds is 3. The van der Waals surface area contributed by atoms with Crippen molar-refractivity contribution in [1.29, 1.82) is 0 Å². The van der Waals surface area contributed by atoms with E-state index in [0.29, 0.717) is 12.0 Å². The molecule has 1 aromatic carbocycles. The maximum atomic E-state index is 4.68. The number of aromatic nitrogens is 2. The quantitative estimate of drug-likeness (QED) is 0.609. The standard InChI is InChI=1S/C22H27N3S/c1-14-10-20(11-15(2)23-14)19-6-5-9-25(13-19)16(3)18-7-8-22-21(12-18)24-17(4)26-22/h7-8,10-12,16,19H,5-6,9,13H2,1-4H3/t16?,19-/m0/s1. The Labute approximate surface area is 160 Å². The summed E-state index contributed by atoms with van der Waals surface area (Å²) in [5, 5.41) is 1.14. The Hall–Kier alpha value is -1.78. The van der Waals surface area contributed by atoms with Crippen LogP contribution in [0.1, 0.15) is 59.2 Å². The van der Waals surface area contributed by atoms with Crippen molar-refractivity contribution in [3.63, 3.8) is 0 Å². The van der Waals surface area contributed by atoms with Crippen molar-refractivity contribution in [3.05, 3.63) is 57.9 Å². The van der Waals surface area contributed by atoms with Gasteiger partial charge in [0.05, 0.1) is 15.2 Å². The third-order valence-electron chi connectivity index (χ3n) is 5.58. The van der Waals surface area contributed by atoms with Crippen molar-refractivity contribution in [2.75, 3.05) is 13.1 Å². The molecule has 0 N–H and O–H groups in total. The fourth-order valence-electron chi connectivity index (χ4n) is 4.26. The molecule has 1 unspecified atom stereocenters. The number of likely N-dealkylation sites (tertiary alicyclic amines) is 1. The summed E-state index contributed by atoms with van der Waals surface area (Å²) in [5.41, 5.74) is 6.25. The molecule has 0 bridgehead atoms. The molecule has 1 aliphatic rings. The highest BCUT2D eigenvalue weighted by Gasteiger charge is 2.26. The fraction of sp³-hybridized carbons (Fsp3) is 0.455. The Morgan fingerprint density at radius 3 is 2.62 bits per heavy atom. The molecule has 2 aromatic heterocycles. The topological polar surface area (TPSA) is 29.0 Å². The van der Waals surface area contributed by atoms with Crippen LogP contribution in [0.3, 0.4) is 0 Å². The van der Waals surface area contributed by atoms with Crippen molar-refractivity contribution in [2.24, 2.45) is 0 Å². The first kappa shape index (κ1) is 17.6. The molecule has 3 heterocycles. The van der Waals surface area contributed by atoms with Gasteiger partial charge in [-0.25, -0.2) is 4.98 Å². The van der Waals surface area contributed by atoms with Crippen LogP contribution in [-0.4, -0.2) is 28.0 Å². The molecule has 136 valence electrons. The first-order chi connectivity index (χ1) is 12.5. The SMILES string of the molecule is Cc1cc([C@H]2CCCN(C(C)c3ccc4sc(C)nc4c3)C2)cc(C)n1. The van der Waals surface area contributed by atoms with Crippen LogP contribution >= 0.6 is 11.3 Å². The fourth-order valence-corrected chi connectivity index (χ4v) is 5.07. The summed E-state index contributed by atoms with van der Waals surface area (Å²) in [4.78, 5) is 11.9. The minimum absolute atomic E-state index is 0.424. The molecule has 0 aliphatic carbocycles. The molecule has 3 nitrogen and oxygen atoms in total. The summed E-state index contributed by atoms with van der Waals surface area (Å²) in [6, 6.07) is 11.8. The minimum atomic E-state index is 0.424. The lowest BCUT2D eigenvalue weighted by molar-refractivity contribution is 0.158. The summed E-state index contributed by atoms with van der Waals surface area (Å²) in [6.07, 6.45) is 2.53. The number of fused-ring (bicyclic) bond motifs is 1. The molecule has 4 heteroatoms. The van der Waals surface area contributed by atoms with Crippen LogP contribution < -0.4 is 0 Å². The molecule has 0 saturated carbocycles. The molecule has 4 rings (SSSR count). The van der Waals surface area contributed by atoms with E-state index >= 15 is 0 Å². The predicted molar refractivity (Wildman–Crippen MR) is 110 cm³/mol. The van der Waals surface area contributed by atoms with Gasteiger partial charge in [0.1, 0.15) is 0 Å². The predicted octanol–water partition coefficient (Wildman–Crippen LogP) is 5.56. The molecule has 0 spiro atoms. The van der Waals surface area contributed by atoms with Crippen LogP contribution in [0.5, 0.6) is 0 Å². The van der Waals surface area contributed by atoms with E-state index in [1.54, 1.807) is 11.3 Å². The van der Waals surface area contributed by atoms with Gasteiger partial charge in [0.15, 0.2) is 0 Å². The molecule has 1 fully saturated rings. The van der Waals surface area contributed by atoms with Crippen LogP contribution in [0, 0.1) is 20.8 Å². The summed E-state index contributed by atoms with van der Waals surface area (Å²) < 4.78 is 1.29. The van der Waals surface area contributed by atoms with Gasteiger partial charge in [-0.1, -0.05) is 6.07 Å². The van der Waals surface area contributed by atoms with E-state index in [1.807, 2.05) is 0 Å². The number of hydrogen-bond donors (Lipinski definition) is 0. The van der Waals surface area contributed by atoms with Crippen molar-refractivity contribution in [2.45, 2.75) is 52.5 Å². The Morgan fingerprint density at radius 1 is 1.08 bits per heavy atom. The number of piperidine rings is 1. The Balaban J connectivity index is 1.56. The van der Waals surface area contributed by atoms with Gasteiger partial charge in [0.2, 0.25) is 0 Å². The Bertz CT molecular complexity index is 910. The van der Waals surface area contributed by atoms with E-state index in [2.05, 4.69) is 72.9 Å². The van der Waals surface area contributed by atoms with E-state index in [0.717, 1.165) is 28.5 Å². The van der Waals surface area contributed by atoms with Crippen LogP contribution in [0.15, 0.2) is 30.3 Å². The maximum absolute atomic E-state index is 4.68. The number of benzene rings is 1. The second-order valence-corrected chi connectivity index (χ2v) is 8.89. The van der Waals surface area contributed by atoms with Crippen LogP contribution in [-0.2, 0) is 0 Å². The van der Waals surface area contributed by atoms with Gasteiger partial charge < -0.3 is 0 Å². The number of pyridine rings is 1. The van der Waals surface area contributed by atoms with Gasteiger partial charge in [0, 0.05) is 24.0 Å². The third-order valence-corrected chi connectivity index (χ3v) is 6.53. The van der Waals surface area contributed by atoms with Gasteiger partial charge >= 0.3 is 0 Å². The summed E-state index contributed by atoms with van der Waals surface area (Å²) in [5.74, 6) is 0.608. The molecule has 1 saturated heterocycles. The van der Waals surface area contributed by atoms with E-state index in [4.69, 9.17) is 0 Å². The maximum Gasteiger partial charge on any atom is 0.0907 e. The van der Waals surface area contributed by atoms with Gasteiger partial charge in [-0.2, -0.15) is 0 Å². The molecular weight excluding hydrogens is 338 g/mol. The average molecular weight is 366 g/mol. The first-order valence-corrected chi connectivity index (χ1v) is 10.4. The van der Waals surface area contributed by atoms with Crippen LogP contribution in [0.2, 0.25) is 0 Å². The van der Waals surface area contributed by atoms with Crippen molar-refractivity contribution >= 4 is 21.6 Å². The van der Waals surface area contributed by atoms with E-state index in [-0.39, 0.29) is 0 Å². The number of hydrogen-bond acceptors (Lipinski definition) is 4. The smallest absolute Gasteiger partial charge is 0.0907 e. The highest BCUT2D eigenvalue weighted by atomic mass is 32.1. The monoisotopic (exact) mass is 365 g/mol. The molecule has 0 amide bonds. The van der Waals surface area contributed by atoms with E-state index in [9.17, 15) is 0 Å². The van der Waals surface area contributed by atoms with Crippen molar-refractivity contribution in [1.82, 2.24) is 14.9 Å². The highest BCUT2D eigenvalue weighted by molar-refractivity contribution is 7.18. The van der Waals surface area contributed by atoms with Gasteiger partial charge in [-0.05, 0) is 88.4 Å². The third kappa shape index (κ3) is 3.53. The minimum Gasteiger partial charge on any atom is -0.296 e. The number of aryl methyl sites for hydroxylation is 3. The highest BCUT2D eigenvalue weighted by Crippen LogP contribution is 2.33. The lowest BCUT2D eigenvalue weighted by Crippen LogP contribution is -2.36. The van der Waals surface area contributed by atoms with Crippen molar-refractivity contribution < 1.29 is 0 Å². The molecule has 3 aromatic rings. The second kappa shape index (κ2) is 7.09. The molecule has 0 radical (unpaired) electrons. The van der Waals surface area contributed by atoms with Crippen LogP contribution in [0.25, 0.3) is 10.2 Å². The van der Waals surface area contributed by atoms with Gasteiger partial charge in [-0.3, -0.25) is 9.88 Å².